The van der Waals surface area contributed by atoms with Gasteiger partial charge in [-0.25, -0.2) is 4.79 Å². The standard InChI is InChI=1S/C16H15NO4/c1-10-2-4-13(12(6-10)16(18)19)17-8-11-3-5-14-15(7-11)21-9-20-14/h2-7,17H,8-9H2,1H3,(H,18,19). The molecule has 0 aliphatic carbocycles. The van der Waals surface area contributed by atoms with Gasteiger partial charge < -0.3 is 19.9 Å². The van der Waals surface area contributed by atoms with E-state index in [9.17, 15) is 9.90 Å². The summed E-state index contributed by atoms with van der Waals surface area (Å²) in [7, 11) is 0. The van der Waals surface area contributed by atoms with Crippen LogP contribution in [0.15, 0.2) is 36.4 Å². The maximum Gasteiger partial charge on any atom is 0.337 e. The molecule has 3 rings (SSSR count). The minimum absolute atomic E-state index is 0.243. The Morgan fingerprint density at radius 1 is 1.19 bits per heavy atom. The molecule has 2 aromatic carbocycles. The second-order valence-electron chi connectivity index (χ2n) is 4.90. The van der Waals surface area contributed by atoms with Crippen LogP contribution in [-0.2, 0) is 6.54 Å². The van der Waals surface area contributed by atoms with E-state index in [2.05, 4.69) is 5.32 Å². The van der Waals surface area contributed by atoms with Gasteiger partial charge in [0.15, 0.2) is 11.5 Å². The Labute approximate surface area is 122 Å². The summed E-state index contributed by atoms with van der Waals surface area (Å²) in [6.45, 7) is 2.63. The number of aromatic carboxylic acids is 1. The van der Waals surface area contributed by atoms with Crippen molar-refractivity contribution in [2.24, 2.45) is 0 Å². The van der Waals surface area contributed by atoms with Crippen LogP contribution < -0.4 is 14.8 Å². The molecule has 2 N–H and O–H groups in total. The van der Waals surface area contributed by atoms with E-state index < -0.39 is 5.97 Å². The van der Waals surface area contributed by atoms with E-state index in [0.717, 1.165) is 22.6 Å². The molecule has 0 saturated heterocycles. The smallest absolute Gasteiger partial charge is 0.337 e. The number of aryl methyl sites for hydroxylation is 1. The van der Waals surface area contributed by atoms with Gasteiger partial charge in [-0.3, -0.25) is 0 Å². The monoisotopic (exact) mass is 285 g/mol. The second kappa shape index (κ2) is 5.36. The Bertz CT molecular complexity index is 697. The summed E-state index contributed by atoms with van der Waals surface area (Å²) in [5.41, 5.74) is 2.79. The molecule has 1 aliphatic heterocycles. The zero-order chi connectivity index (χ0) is 14.8. The van der Waals surface area contributed by atoms with E-state index in [4.69, 9.17) is 9.47 Å². The summed E-state index contributed by atoms with van der Waals surface area (Å²) in [6.07, 6.45) is 0. The van der Waals surface area contributed by atoms with Crippen molar-refractivity contribution in [1.29, 1.82) is 0 Å². The van der Waals surface area contributed by atoms with Crippen molar-refractivity contribution in [3.8, 4) is 11.5 Å². The minimum Gasteiger partial charge on any atom is -0.478 e. The van der Waals surface area contributed by atoms with Crippen molar-refractivity contribution in [2.75, 3.05) is 12.1 Å². The average Bonchev–Trinajstić information content (AvgIpc) is 2.93. The lowest BCUT2D eigenvalue weighted by molar-refractivity contribution is 0.0698. The summed E-state index contributed by atoms with van der Waals surface area (Å²) < 4.78 is 10.6. The van der Waals surface area contributed by atoms with Crippen LogP contribution in [-0.4, -0.2) is 17.9 Å². The van der Waals surface area contributed by atoms with Gasteiger partial charge in [0.05, 0.1) is 5.56 Å². The summed E-state index contributed by atoms with van der Waals surface area (Å²) in [4.78, 5) is 11.3. The van der Waals surface area contributed by atoms with Gasteiger partial charge in [-0.2, -0.15) is 0 Å². The molecule has 0 bridgehead atoms. The first kappa shape index (κ1) is 13.3. The number of hydrogen-bond acceptors (Lipinski definition) is 4. The minimum atomic E-state index is -0.938. The summed E-state index contributed by atoms with van der Waals surface area (Å²) >= 11 is 0. The number of carboxylic acids is 1. The highest BCUT2D eigenvalue weighted by atomic mass is 16.7. The number of ether oxygens (including phenoxy) is 2. The third kappa shape index (κ3) is 2.76. The number of carboxylic acid groups (broad SMARTS) is 1. The summed E-state index contributed by atoms with van der Waals surface area (Å²) in [5.74, 6) is 0.517. The number of hydrogen-bond donors (Lipinski definition) is 2. The largest absolute Gasteiger partial charge is 0.478 e. The first-order chi connectivity index (χ1) is 10.1. The van der Waals surface area contributed by atoms with Gasteiger partial charge in [0, 0.05) is 12.2 Å². The quantitative estimate of drug-likeness (QED) is 0.903. The van der Waals surface area contributed by atoms with Gasteiger partial charge in [0.25, 0.3) is 0 Å². The Balaban J connectivity index is 1.77. The molecular formula is C16H15NO4. The molecule has 0 saturated carbocycles. The number of nitrogens with one attached hydrogen (secondary N) is 1. The van der Waals surface area contributed by atoms with Crippen LogP contribution in [0.25, 0.3) is 0 Å². The van der Waals surface area contributed by atoms with Crippen LogP contribution in [0.1, 0.15) is 21.5 Å². The number of fused-ring (bicyclic) bond motifs is 1. The predicted molar refractivity (Wildman–Crippen MR) is 78.0 cm³/mol. The van der Waals surface area contributed by atoms with E-state index in [1.54, 1.807) is 12.1 Å². The van der Waals surface area contributed by atoms with Gasteiger partial charge >= 0.3 is 5.97 Å². The normalized spacial score (nSPS) is 12.2. The second-order valence-corrected chi connectivity index (χ2v) is 4.90. The van der Waals surface area contributed by atoms with Crippen molar-refractivity contribution in [3.05, 3.63) is 53.1 Å². The fourth-order valence-electron chi connectivity index (χ4n) is 2.24. The van der Waals surface area contributed by atoms with Crippen molar-refractivity contribution >= 4 is 11.7 Å². The number of benzene rings is 2. The van der Waals surface area contributed by atoms with E-state index in [0.29, 0.717) is 12.2 Å². The molecule has 21 heavy (non-hydrogen) atoms. The van der Waals surface area contributed by atoms with E-state index in [1.807, 2.05) is 31.2 Å². The molecule has 1 heterocycles. The Morgan fingerprint density at radius 2 is 2.00 bits per heavy atom. The molecule has 0 spiro atoms. The van der Waals surface area contributed by atoms with E-state index >= 15 is 0 Å². The van der Waals surface area contributed by atoms with Crippen LogP contribution in [0, 0.1) is 6.92 Å². The third-order valence-electron chi connectivity index (χ3n) is 3.33. The fraction of sp³-hybridized carbons (Fsp3) is 0.188. The molecule has 0 fully saturated rings. The molecule has 0 unspecified atom stereocenters. The van der Waals surface area contributed by atoms with Crippen LogP contribution in [0.4, 0.5) is 5.69 Å². The molecule has 108 valence electrons. The van der Waals surface area contributed by atoms with Crippen molar-refractivity contribution in [2.45, 2.75) is 13.5 Å². The van der Waals surface area contributed by atoms with Crippen LogP contribution >= 0.6 is 0 Å². The molecular weight excluding hydrogens is 270 g/mol. The van der Waals surface area contributed by atoms with Crippen LogP contribution in [0.5, 0.6) is 11.5 Å². The summed E-state index contributed by atoms with van der Waals surface area (Å²) in [5, 5.41) is 12.4. The fourth-order valence-corrected chi connectivity index (χ4v) is 2.24. The molecule has 0 aromatic heterocycles. The van der Waals surface area contributed by atoms with E-state index in [-0.39, 0.29) is 12.4 Å². The molecule has 1 aliphatic rings. The topological polar surface area (TPSA) is 67.8 Å². The number of rotatable bonds is 4. The number of carbonyl (C=O) groups is 1. The van der Waals surface area contributed by atoms with Crippen molar-refractivity contribution < 1.29 is 19.4 Å². The lowest BCUT2D eigenvalue weighted by Gasteiger charge is -2.11. The van der Waals surface area contributed by atoms with Crippen molar-refractivity contribution in [1.82, 2.24) is 0 Å². The highest BCUT2D eigenvalue weighted by Gasteiger charge is 2.14. The molecule has 0 amide bonds. The first-order valence-electron chi connectivity index (χ1n) is 6.60. The average molecular weight is 285 g/mol. The maximum atomic E-state index is 11.3. The Hall–Kier alpha value is -2.69. The molecule has 5 nitrogen and oxygen atoms in total. The van der Waals surface area contributed by atoms with E-state index in [1.165, 1.54) is 0 Å². The SMILES string of the molecule is Cc1ccc(NCc2ccc3c(c2)OCO3)c(C(=O)O)c1. The lowest BCUT2D eigenvalue weighted by atomic mass is 10.1. The molecule has 0 atom stereocenters. The lowest BCUT2D eigenvalue weighted by Crippen LogP contribution is -2.06. The Morgan fingerprint density at radius 3 is 2.81 bits per heavy atom. The van der Waals surface area contributed by atoms with Gasteiger partial charge in [-0.15, -0.1) is 0 Å². The van der Waals surface area contributed by atoms with Gasteiger partial charge in [-0.1, -0.05) is 17.7 Å². The highest BCUT2D eigenvalue weighted by molar-refractivity contribution is 5.94. The van der Waals surface area contributed by atoms with Crippen molar-refractivity contribution in [3.63, 3.8) is 0 Å². The summed E-state index contributed by atoms with van der Waals surface area (Å²) in [6, 6.07) is 11.0. The van der Waals surface area contributed by atoms with Gasteiger partial charge in [0.1, 0.15) is 0 Å². The third-order valence-corrected chi connectivity index (χ3v) is 3.33. The van der Waals surface area contributed by atoms with Crippen LogP contribution in [0.2, 0.25) is 0 Å². The maximum absolute atomic E-state index is 11.3. The highest BCUT2D eigenvalue weighted by Crippen LogP contribution is 2.32. The molecule has 0 radical (unpaired) electrons. The van der Waals surface area contributed by atoms with Crippen LogP contribution in [0.3, 0.4) is 0 Å². The van der Waals surface area contributed by atoms with Gasteiger partial charge in [-0.05, 0) is 36.8 Å². The Kier molecular flexibility index (Phi) is 3.39. The number of anilines is 1. The molecule has 2 aromatic rings. The van der Waals surface area contributed by atoms with Gasteiger partial charge in [0.2, 0.25) is 6.79 Å². The molecule has 5 heteroatoms. The first-order valence-corrected chi connectivity index (χ1v) is 6.60. The zero-order valence-corrected chi connectivity index (χ0v) is 11.6. The predicted octanol–water partition coefficient (Wildman–Crippen LogP) is 3.03. The zero-order valence-electron chi connectivity index (χ0n) is 11.6.